The molecule has 0 aromatic carbocycles. The number of rotatable bonds is 6. The molecule has 0 saturated heterocycles. The molecular formula is C8H15NO5S. The van der Waals surface area contributed by atoms with Gasteiger partial charge in [0.1, 0.15) is 0 Å². The van der Waals surface area contributed by atoms with Crippen molar-refractivity contribution >= 4 is 16.0 Å². The van der Waals surface area contributed by atoms with Gasteiger partial charge in [0, 0.05) is 0 Å². The Kier molecular flexibility index (Phi) is 3.69. The topological polar surface area (TPSA) is 92.7 Å². The van der Waals surface area contributed by atoms with Crippen LogP contribution in [0.5, 0.6) is 0 Å². The molecule has 1 aliphatic carbocycles. The summed E-state index contributed by atoms with van der Waals surface area (Å²) in [7, 11) is -2.30. The van der Waals surface area contributed by atoms with Gasteiger partial charge >= 0.3 is 5.97 Å². The first kappa shape index (κ1) is 12.4. The summed E-state index contributed by atoms with van der Waals surface area (Å²) >= 11 is 0. The molecule has 0 aromatic heterocycles. The summed E-state index contributed by atoms with van der Waals surface area (Å²) in [5.41, 5.74) is -0.672. The van der Waals surface area contributed by atoms with Crippen molar-refractivity contribution in [3.05, 3.63) is 0 Å². The Morgan fingerprint density at radius 1 is 1.53 bits per heavy atom. The highest BCUT2D eigenvalue weighted by molar-refractivity contribution is 7.89. The first-order valence-corrected chi connectivity index (χ1v) is 6.28. The van der Waals surface area contributed by atoms with E-state index in [1.54, 1.807) is 0 Å². The van der Waals surface area contributed by atoms with Gasteiger partial charge in [0.15, 0.2) is 0 Å². The van der Waals surface area contributed by atoms with E-state index >= 15 is 0 Å². The SMILES string of the molecule is COC(=O)CCS(=O)(=O)NC1(CO)CC1. The van der Waals surface area contributed by atoms with Crippen molar-refractivity contribution in [2.75, 3.05) is 19.5 Å². The van der Waals surface area contributed by atoms with Gasteiger partial charge in [-0.15, -0.1) is 0 Å². The molecule has 0 aliphatic heterocycles. The molecule has 0 spiro atoms. The molecular weight excluding hydrogens is 222 g/mol. The number of esters is 1. The third-order valence-corrected chi connectivity index (χ3v) is 3.82. The van der Waals surface area contributed by atoms with Gasteiger partial charge in [0.2, 0.25) is 10.0 Å². The second-order valence-corrected chi connectivity index (χ2v) is 5.53. The van der Waals surface area contributed by atoms with Gasteiger partial charge in [-0.05, 0) is 12.8 Å². The van der Waals surface area contributed by atoms with Crippen LogP contribution in [0.1, 0.15) is 19.3 Å². The largest absolute Gasteiger partial charge is 0.469 e. The Balaban J connectivity index is 2.42. The summed E-state index contributed by atoms with van der Waals surface area (Å²) in [6, 6.07) is 0. The van der Waals surface area contributed by atoms with Crippen LogP contribution >= 0.6 is 0 Å². The van der Waals surface area contributed by atoms with E-state index in [0.29, 0.717) is 12.8 Å². The Morgan fingerprint density at radius 2 is 2.13 bits per heavy atom. The van der Waals surface area contributed by atoms with Gasteiger partial charge in [0.25, 0.3) is 0 Å². The van der Waals surface area contributed by atoms with Gasteiger partial charge in [-0.2, -0.15) is 0 Å². The van der Waals surface area contributed by atoms with E-state index in [1.807, 2.05) is 0 Å². The minimum Gasteiger partial charge on any atom is -0.469 e. The van der Waals surface area contributed by atoms with E-state index in [0.717, 1.165) is 0 Å². The number of hydrogen-bond donors (Lipinski definition) is 2. The molecule has 1 saturated carbocycles. The third-order valence-electron chi connectivity index (χ3n) is 2.33. The average Bonchev–Trinajstić information content (AvgIpc) is 2.94. The first-order valence-electron chi connectivity index (χ1n) is 4.62. The minimum absolute atomic E-state index is 0.173. The molecule has 1 aliphatic rings. The fraction of sp³-hybridized carbons (Fsp3) is 0.875. The van der Waals surface area contributed by atoms with Crippen molar-refractivity contribution < 1.29 is 23.1 Å². The van der Waals surface area contributed by atoms with Crippen LogP contribution in [0.15, 0.2) is 0 Å². The van der Waals surface area contributed by atoms with Crippen molar-refractivity contribution in [2.24, 2.45) is 0 Å². The average molecular weight is 237 g/mol. The fourth-order valence-corrected chi connectivity index (χ4v) is 2.61. The maximum Gasteiger partial charge on any atom is 0.306 e. The maximum atomic E-state index is 11.4. The van der Waals surface area contributed by atoms with Crippen molar-refractivity contribution in [2.45, 2.75) is 24.8 Å². The van der Waals surface area contributed by atoms with E-state index in [9.17, 15) is 13.2 Å². The molecule has 1 fully saturated rings. The molecule has 0 atom stereocenters. The molecule has 0 heterocycles. The van der Waals surface area contributed by atoms with Crippen LogP contribution in [0.4, 0.5) is 0 Å². The van der Waals surface area contributed by atoms with Crippen molar-refractivity contribution in [3.8, 4) is 0 Å². The number of ether oxygens (including phenoxy) is 1. The van der Waals surface area contributed by atoms with Crippen molar-refractivity contribution in [1.82, 2.24) is 4.72 Å². The van der Waals surface area contributed by atoms with E-state index < -0.39 is 21.5 Å². The van der Waals surface area contributed by atoms with Crippen LogP contribution in [0.25, 0.3) is 0 Å². The van der Waals surface area contributed by atoms with Crippen LogP contribution in [0.3, 0.4) is 0 Å². The minimum atomic E-state index is -3.50. The highest BCUT2D eigenvalue weighted by atomic mass is 32.2. The Labute approximate surface area is 88.7 Å². The molecule has 88 valence electrons. The van der Waals surface area contributed by atoms with E-state index in [-0.39, 0.29) is 18.8 Å². The number of carbonyl (C=O) groups is 1. The molecule has 0 amide bonds. The first-order chi connectivity index (χ1) is 6.93. The Hall–Kier alpha value is -0.660. The van der Waals surface area contributed by atoms with Crippen molar-refractivity contribution in [1.29, 1.82) is 0 Å². The molecule has 0 unspecified atom stereocenters. The molecule has 0 aromatic rings. The van der Waals surface area contributed by atoms with E-state index in [1.165, 1.54) is 7.11 Å². The number of hydrogen-bond acceptors (Lipinski definition) is 5. The van der Waals surface area contributed by atoms with Crippen LogP contribution in [-0.2, 0) is 19.6 Å². The second kappa shape index (κ2) is 4.46. The van der Waals surface area contributed by atoms with Gasteiger partial charge in [-0.1, -0.05) is 0 Å². The number of sulfonamides is 1. The molecule has 1 rings (SSSR count). The van der Waals surface area contributed by atoms with Gasteiger partial charge < -0.3 is 9.84 Å². The Morgan fingerprint density at radius 3 is 2.53 bits per heavy atom. The maximum absolute atomic E-state index is 11.4. The number of nitrogens with one attached hydrogen (secondary N) is 1. The quantitative estimate of drug-likeness (QED) is 0.578. The number of aliphatic hydroxyl groups excluding tert-OH is 1. The van der Waals surface area contributed by atoms with E-state index in [4.69, 9.17) is 5.11 Å². The van der Waals surface area contributed by atoms with Crippen molar-refractivity contribution in [3.63, 3.8) is 0 Å². The fourth-order valence-electron chi connectivity index (χ4n) is 1.14. The van der Waals surface area contributed by atoms with E-state index in [2.05, 4.69) is 9.46 Å². The summed E-state index contributed by atoms with van der Waals surface area (Å²) in [5.74, 6) is -0.865. The lowest BCUT2D eigenvalue weighted by Crippen LogP contribution is -2.41. The molecule has 0 bridgehead atoms. The molecule has 7 heteroatoms. The van der Waals surface area contributed by atoms with Crippen LogP contribution in [0, 0.1) is 0 Å². The predicted octanol–water partition coefficient (Wildman–Crippen LogP) is -1.01. The van der Waals surface area contributed by atoms with Crippen LogP contribution in [0.2, 0.25) is 0 Å². The zero-order chi connectivity index (χ0) is 11.5. The lowest BCUT2D eigenvalue weighted by atomic mass is 10.3. The summed E-state index contributed by atoms with van der Waals surface area (Å²) in [4.78, 5) is 10.7. The lowest BCUT2D eigenvalue weighted by Gasteiger charge is -2.13. The second-order valence-electron chi connectivity index (χ2n) is 3.69. The molecule has 6 nitrogen and oxygen atoms in total. The monoisotopic (exact) mass is 237 g/mol. The standard InChI is InChI=1S/C8H15NO5S/c1-14-7(11)2-5-15(12,13)9-8(6-10)3-4-8/h9-10H,2-6H2,1H3. The van der Waals surface area contributed by atoms with Crippen LogP contribution < -0.4 is 4.72 Å². The summed E-state index contributed by atoms with van der Waals surface area (Å²) < 4.78 is 29.6. The zero-order valence-corrected chi connectivity index (χ0v) is 9.34. The summed E-state index contributed by atoms with van der Waals surface area (Å²) in [5, 5.41) is 8.92. The summed E-state index contributed by atoms with van der Waals surface area (Å²) in [6.07, 6.45) is 1.11. The molecule has 0 radical (unpaired) electrons. The molecule has 15 heavy (non-hydrogen) atoms. The zero-order valence-electron chi connectivity index (χ0n) is 8.52. The Bertz CT molecular complexity index is 333. The highest BCUT2D eigenvalue weighted by Gasteiger charge is 2.45. The smallest absolute Gasteiger partial charge is 0.306 e. The summed E-state index contributed by atoms with van der Waals surface area (Å²) in [6.45, 7) is -0.204. The number of carbonyl (C=O) groups excluding carboxylic acids is 1. The number of aliphatic hydroxyl groups is 1. The normalized spacial score (nSPS) is 18.5. The lowest BCUT2D eigenvalue weighted by molar-refractivity contribution is -0.140. The van der Waals surface area contributed by atoms with Crippen LogP contribution in [-0.4, -0.2) is 44.5 Å². The van der Waals surface area contributed by atoms with Gasteiger partial charge in [-0.25, -0.2) is 13.1 Å². The van der Waals surface area contributed by atoms with Gasteiger partial charge in [-0.3, -0.25) is 4.79 Å². The molecule has 2 N–H and O–H groups in total. The van der Waals surface area contributed by atoms with Gasteiger partial charge in [0.05, 0.1) is 31.4 Å². The predicted molar refractivity (Wildman–Crippen MR) is 52.6 cm³/mol. The number of methoxy groups -OCH3 is 1. The third kappa shape index (κ3) is 3.77. The highest BCUT2D eigenvalue weighted by Crippen LogP contribution is 2.35.